The van der Waals surface area contributed by atoms with Crippen molar-refractivity contribution >= 4 is 27.3 Å². The molecule has 7 nitrogen and oxygen atoms in total. The van der Waals surface area contributed by atoms with Crippen LogP contribution in [-0.2, 0) is 33.6 Å². The summed E-state index contributed by atoms with van der Waals surface area (Å²) in [4.78, 5) is 23.9. The summed E-state index contributed by atoms with van der Waals surface area (Å²) < 4.78 is 38.6. The molecule has 1 aliphatic heterocycles. The van der Waals surface area contributed by atoms with Crippen LogP contribution in [0.15, 0.2) is 34.9 Å². The van der Waals surface area contributed by atoms with Gasteiger partial charge in [-0.25, -0.2) is 18.0 Å². The zero-order valence-electron chi connectivity index (χ0n) is 14.7. The van der Waals surface area contributed by atoms with Gasteiger partial charge in [0.05, 0.1) is 17.6 Å². The number of esters is 2. The Hall–Kier alpha value is -2.35. The van der Waals surface area contributed by atoms with Gasteiger partial charge >= 0.3 is 11.9 Å². The Morgan fingerprint density at radius 1 is 1.20 bits per heavy atom. The maximum atomic E-state index is 12.2. The number of ether oxygens (including phenoxy) is 3. The molecule has 0 amide bonds. The molecule has 2 rings (SSSR count). The SMILES string of the molecule is COC(=O)C(C)OC1=C(c2ccc(S(C)(=O)=O)cc2)C(C)(C)OC1=O. The summed E-state index contributed by atoms with van der Waals surface area (Å²) in [6, 6.07) is 6.03. The third-order valence-corrected chi connectivity index (χ3v) is 4.89. The zero-order valence-corrected chi connectivity index (χ0v) is 15.5. The zero-order chi connectivity index (χ0) is 19.0. The highest BCUT2D eigenvalue weighted by molar-refractivity contribution is 7.90. The summed E-state index contributed by atoms with van der Waals surface area (Å²) >= 11 is 0. The lowest BCUT2D eigenvalue weighted by Crippen LogP contribution is -2.23. The molecule has 1 unspecified atom stereocenters. The fraction of sp³-hybridized carbons (Fsp3) is 0.412. The molecular formula is C17H20O7S. The predicted octanol–water partition coefficient (Wildman–Crippen LogP) is 1.71. The first-order valence-corrected chi connectivity index (χ1v) is 9.39. The number of hydrogen-bond donors (Lipinski definition) is 0. The van der Waals surface area contributed by atoms with Gasteiger partial charge in [0, 0.05) is 6.26 Å². The van der Waals surface area contributed by atoms with Gasteiger partial charge in [0.2, 0.25) is 5.76 Å². The van der Waals surface area contributed by atoms with E-state index in [-0.39, 0.29) is 10.7 Å². The van der Waals surface area contributed by atoms with Gasteiger partial charge < -0.3 is 14.2 Å². The fourth-order valence-corrected chi connectivity index (χ4v) is 3.18. The van der Waals surface area contributed by atoms with Gasteiger partial charge in [-0.3, -0.25) is 0 Å². The number of benzene rings is 1. The highest BCUT2D eigenvalue weighted by atomic mass is 32.2. The highest BCUT2D eigenvalue weighted by Gasteiger charge is 2.43. The molecule has 0 aromatic heterocycles. The van der Waals surface area contributed by atoms with E-state index in [1.54, 1.807) is 26.0 Å². The van der Waals surface area contributed by atoms with Crippen molar-refractivity contribution in [1.82, 2.24) is 0 Å². The standard InChI is InChI=1S/C17H20O7S/c1-10(15(18)22-4)23-14-13(17(2,3)24-16(14)19)11-6-8-12(9-7-11)25(5,20)21/h6-10H,1-5H3. The summed E-state index contributed by atoms with van der Waals surface area (Å²) in [6.45, 7) is 4.83. The van der Waals surface area contributed by atoms with Crippen LogP contribution >= 0.6 is 0 Å². The van der Waals surface area contributed by atoms with E-state index in [0.717, 1.165) is 6.26 Å². The van der Waals surface area contributed by atoms with Crippen molar-refractivity contribution in [2.24, 2.45) is 0 Å². The van der Waals surface area contributed by atoms with E-state index in [0.29, 0.717) is 11.1 Å². The van der Waals surface area contributed by atoms with Crippen LogP contribution in [0.25, 0.3) is 5.57 Å². The smallest absolute Gasteiger partial charge is 0.374 e. The average molecular weight is 368 g/mol. The van der Waals surface area contributed by atoms with E-state index >= 15 is 0 Å². The van der Waals surface area contributed by atoms with Crippen LogP contribution in [0, 0.1) is 0 Å². The number of sulfone groups is 1. The first-order chi connectivity index (χ1) is 11.5. The highest BCUT2D eigenvalue weighted by Crippen LogP contribution is 2.40. The first kappa shape index (κ1) is 19.0. The summed E-state index contributed by atoms with van der Waals surface area (Å²) in [6.07, 6.45) is 0.117. The van der Waals surface area contributed by atoms with Crippen LogP contribution in [0.2, 0.25) is 0 Å². The molecule has 1 aromatic rings. The maximum Gasteiger partial charge on any atom is 0.374 e. The van der Waals surface area contributed by atoms with Gasteiger partial charge in [0.1, 0.15) is 5.60 Å². The Kier molecular flexibility index (Phi) is 4.94. The average Bonchev–Trinajstić information content (AvgIpc) is 2.74. The van der Waals surface area contributed by atoms with Crippen molar-refractivity contribution in [3.8, 4) is 0 Å². The monoisotopic (exact) mass is 368 g/mol. The number of cyclic esters (lactones) is 1. The predicted molar refractivity (Wildman–Crippen MR) is 89.2 cm³/mol. The van der Waals surface area contributed by atoms with Crippen molar-refractivity contribution in [2.75, 3.05) is 13.4 Å². The lowest BCUT2D eigenvalue weighted by Gasteiger charge is -2.21. The second kappa shape index (κ2) is 6.51. The molecular weight excluding hydrogens is 348 g/mol. The van der Waals surface area contributed by atoms with Gasteiger partial charge in [0.15, 0.2) is 15.9 Å². The number of carbonyl (C=O) groups excluding carboxylic acids is 2. The van der Waals surface area contributed by atoms with Crippen molar-refractivity contribution in [1.29, 1.82) is 0 Å². The number of rotatable bonds is 5. The number of carbonyl (C=O) groups is 2. The van der Waals surface area contributed by atoms with Crippen molar-refractivity contribution < 1.29 is 32.2 Å². The minimum atomic E-state index is -3.34. The Morgan fingerprint density at radius 2 is 1.76 bits per heavy atom. The lowest BCUT2D eigenvalue weighted by atomic mass is 9.92. The minimum absolute atomic E-state index is 0.0880. The minimum Gasteiger partial charge on any atom is -0.471 e. The largest absolute Gasteiger partial charge is 0.471 e. The molecule has 0 radical (unpaired) electrons. The molecule has 136 valence electrons. The lowest BCUT2D eigenvalue weighted by molar-refractivity contribution is -0.154. The molecule has 1 aromatic carbocycles. The van der Waals surface area contributed by atoms with Gasteiger partial charge in [-0.05, 0) is 38.5 Å². The van der Waals surface area contributed by atoms with Gasteiger partial charge in [-0.1, -0.05) is 12.1 Å². The van der Waals surface area contributed by atoms with Crippen LogP contribution < -0.4 is 0 Å². The molecule has 0 bridgehead atoms. The third-order valence-electron chi connectivity index (χ3n) is 3.76. The van der Waals surface area contributed by atoms with Crippen molar-refractivity contribution in [3.05, 3.63) is 35.6 Å². The quantitative estimate of drug-likeness (QED) is 0.730. The third kappa shape index (κ3) is 3.84. The van der Waals surface area contributed by atoms with Gasteiger partial charge in [-0.15, -0.1) is 0 Å². The normalized spacial score (nSPS) is 17.9. The van der Waals surface area contributed by atoms with E-state index in [1.165, 1.54) is 26.2 Å². The van der Waals surface area contributed by atoms with Gasteiger partial charge in [-0.2, -0.15) is 0 Å². The van der Waals surface area contributed by atoms with E-state index in [2.05, 4.69) is 4.74 Å². The van der Waals surface area contributed by atoms with Crippen LogP contribution in [-0.4, -0.2) is 45.4 Å². The molecule has 0 spiro atoms. The van der Waals surface area contributed by atoms with E-state index in [9.17, 15) is 18.0 Å². The summed E-state index contributed by atoms with van der Waals surface area (Å²) in [5, 5.41) is 0. The molecule has 25 heavy (non-hydrogen) atoms. The number of methoxy groups -OCH3 is 1. The Balaban J connectivity index is 2.51. The molecule has 0 saturated heterocycles. The Labute approximate surface area is 146 Å². The van der Waals surface area contributed by atoms with E-state index in [1.807, 2.05) is 0 Å². The molecule has 1 atom stereocenters. The summed E-state index contributed by atoms with van der Waals surface area (Å²) in [5.74, 6) is -1.41. The van der Waals surface area contributed by atoms with Crippen molar-refractivity contribution in [2.45, 2.75) is 37.4 Å². The van der Waals surface area contributed by atoms with Crippen LogP contribution in [0.3, 0.4) is 0 Å². The van der Waals surface area contributed by atoms with Crippen molar-refractivity contribution in [3.63, 3.8) is 0 Å². The number of hydrogen-bond acceptors (Lipinski definition) is 7. The van der Waals surface area contributed by atoms with E-state index < -0.39 is 33.5 Å². The fourth-order valence-electron chi connectivity index (χ4n) is 2.55. The van der Waals surface area contributed by atoms with Crippen LogP contribution in [0.5, 0.6) is 0 Å². The second-order valence-corrected chi connectivity index (χ2v) is 8.20. The molecule has 0 fully saturated rings. The topological polar surface area (TPSA) is 96.0 Å². The second-order valence-electron chi connectivity index (χ2n) is 6.18. The molecule has 1 aliphatic rings. The Morgan fingerprint density at radius 3 is 2.24 bits per heavy atom. The first-order valence-electron chi connectivity index (χ1n) is 7.50. The molecule has 1 heterocycles. The van der Waals surface area contributed by atoms with Crippen LogP contribution in [0.1, 0.15) is 26.3 Å². The summed E-state index contributed by atoms with van der Waals surface area (Å²) in [7, 11) is -2.12. The molecule has 0 aliphatic carbocycles. The molecule has 0 saturated carbocycles. The summed E-state index contributed by atoms with van der Waals surface area (Å²) in [5.41, 5.74) is 0.0121. The Bertz CT molecular complexity index is 832. The van der Waals surface area contributed by atoms with Gasteiger partial charge in [0.25, 0.3) is 0 Å². The molecule has 0 N–H and O–H groups in total. The molecule has 8 heteroatoms. The maximum absolute atomic E-state index is 12.2. The van der Waals surface area contributed by atoms with E-state index in [4.69, 9.17) is 9.47 Å². The van der Waals surface area contributed by atoms with Crippen LogP contribution in [0.4, 0.5) is 0 Å².